The second-order valence-electron chi connectivity index (χ2n) is 5.36. The Kier molecular flexibility index (Phi) is 3.97. The zero-order valence-corrected chi connectivity index (χ0v) is 11.7. The molecule has 2 aromatic rings. The van der Waals surface area contributed by atoms with E-state index in [-0.39, 0.29) is 0 Å². The molecule has 1 aliphatic heterocycles. The van der Waals surface area contributed by atoms with Gasteiger partial charge in [0.2, 0.25) is 0 Å². The smallest absolute Gasteiger partial charge is 0.145 e. The Bertz CT molecular complexity index is 528. The number of likely N-dealkylation sites (tertiary alicyclic amines) is 1. The molecule has 0 saturated carbocycles. The van der Waals surface area contributed by atoms with Gasteiger partial charge in [0.15, 0.2) is 0 Å². The van der Waals surface area contributed by atoms with E-state index in [9.17, 15) is 0 Å². The average Bonchev–Trinajstić information content (AvgIpc) is 2.93. The normalized spacial score (nSPS) is 17.4. The number of pyridine rings is 1. The maximum Gasteiger partial charge on any atom is 0.145 e. The number of nitrogen functional groups attached to an aromatic ring is 1. The summed E-state index contributed by atoms with van der Waals surface area (Å²) in [7, 11) is 0. The van der Waals surface area contributed by atoms with E-state index in [2.05, 4.69) is 27.1 Å². The first kappa shape index (κ1) is 13.1. The lowest BCUT2D eigenvalue weighted by Crippen LogP contribution is -2.36. The quantitative estimate of drug-likeness (QED) is 0.920. The van der Waals surface area contributed by atoms with E-state index in [4.69, 9.17) is 5.73 Å². The second kappa shape index (κ2) is 6.05. The fraction of sp³-hybridized carbons (Fsp3) is 0.467. The van der Waals surface area contributed by atoms with Gasteiger partial charge in [0.05, 0.1) is 6.04 Å². The molecule has 5 heteroatoms. The third-order valence-corrected chi connectivity index (χ3v) is 3.97. The first-order valence-corrected chi connectivity index (χ1v) is 7.24. The molecular formula is C15H21N5. The fourth-order valence-electron chi connectivity index (χ4n) is 2.78. The molecule has 0 aromatic carbocycles. The lowest BCUT2D eigenvalue weighted by molar-refractivity contribution is 0.181. The Morgan fingerprint density at radius 2 is 2.05 bits per heavy atom. The molecule has 106 valence electrons. The van der Waals surface area contributed by atoms with E-state index in [1.807, 2.05) is 29.2 Å². The lowest BCUT2D eigenvalue weighted by atomic mass is 10.0. The highest BCUT2D eigenvalue weighted by molar-refractivity contribution is 5.24. The minimum Gasteiger partial charge on any atom is -0.382 e. The van der Waals surface area contributed by atoms with E-state index < -0.39 is 0 Å². The van der Waals surface area contributed by atoms with Crippen LogP contribution in [0.25, 0.3) is 0 Å². The van der Waals surface area contributed by atoms with Gasteiger partial charge in [-0.2, -0.15) is 5.10 Å². The molecule has 1 fully saturated rings. The zero-order valence-electron chi connectivity index (χ0n) is 11.7. The molecule has 0 aliphatic carbocycles. The Morgan fingerprint density at radius 1 is 1.20 bits per heavy atom. The van der Waals surface area contributed by atoms with Gasteiger partial charge in [-0.05, 0) is 31.0 Å². The summed E-state index contributed by atoms with van der Waals surface area (Å²) in [6, 6.07) is 8.48. The summed E-state index contributed by atoms with van der Waals surface area (Å²) in [5.74, 6) is 0.614. The highest BCUT2D eigenvalue weighted by atomic mass is 15.3. The summed E-state index contributed by atoms with van der Waals surface area (Å²) in [4.78, 5) is 6.89. The molecule has 0 amide bonds. The Balaban J connectivity index is 1.47. The largest absolute Gasteiger partial charge is 0.382 e. The molecule has 3 heterocycles. The van der Waals surface area contributed by atoms with Gasteiger partial charge >= 0.3 is 0 Å². The second-order valence-corrected chi connectivity index (χ2v) is 5.36. The van der Waals surface area contributed by atoms with Crippen molar-refractivity contribution in [1.82, 2.24) is 19.7 Å². The molecule has 3 rings (SSSR count). The summed E-state index contributed by atoms with van der Waals surface area (Å²) in [6.45, 7) is 3.33. The minimum atomic E-state index is 0.499. The van der Waals surface area contributed by atoms with Crippen molar-refractivity contribution in [2.24, 2.45) is 0 Å². The van der Waals surface area contributed by atoms with Crippen LogP contribution in [0.2, 0.25) is 0 Å². The van der Waals surface area contributed by atoms with Gasteiger partial charge < -0.3 is 10.6 Å². The Morgan fingerprint density at radius 3 is 2.70 bits per heavy atom. The highest BCUT2D eigenvalue weighted by Gasteiger charge is 2.20. The number of hydrogen-bond donors (Lipinski definition) is 1. The molecule has 0 unspecified atom stereocenters. The number of nitrogens with two attached hydrogens (primary N) is 1. The molecule has 0 atom stereocenters. The van der Waals surface area contributed by atoms with Gasteiger partial charge in [-0.1, -0.05) is 6.07 Å². The minimum absolute atomic E-state index is 0.499. The van der Waals surface area contributed by atoms with Gasteiger partial charge in [0, 0.05) is 44.1 Å². The van der Waals surface area contributed by atoms with Crippen LogP contribution in [0.1, 0.15) is 24.6 Å². The first-order valence-electron chi connectivity index (χ1n) is 7.24. The van der Waals surface area contributed by atoms with E-state index in [0.29, 0.717) is 11.9 Å². The number of aromatic nitrogens is 3. The zero-order chi connectivity index (χ0) is 13.8. The van der Waals surface area contributed by atoms with Crippen LogP contribution in [-0.4, -0.2) is 39.3 Å². The molecule has 0 radical (unpaired) electrons. The molecular weight excluding hydrogens is 250 g/mol. The van der Waals surface area contributed by atoms with Crippen molar-refractivity contribution in [3.8, 4) is 0 Å². The van der Waals surface area contributed by atoms with Crippen LogP contribution in [0.3, 0.4) is 0 Å². The van der Waals surface area contributed by atoms with Crippen LogP contribution in [0.4, 0.5) is 5.82 Å². The van der Waals surface area contributed by atoms with Crippen molar-refractivity contribution in [1.29, 1.82) is 0 Å². The van der Waals surface area contributed by atoms with Crippen LogP contribution in [0, 0.1) is 0 Å². The van der Waals surface area contributed by atoms with E-state index in [0.717, 1.165) is 38.9 Å². The van der Waals surface area contributed by atoms with Crippen LogP contribution < -0.4 is 5.73 Å². The summed E-state index contributed by atoms with van der Waals surface area (Å²) in [5, 5.41) is 4.32. The molecule has 20 heavy (non-hydrogen) atoms. The van der Waals surface area contributed by atoms with Gasteiger partial charge in [0.1, 0.15) is 5.82 Å². The van der Waals surface area contributed by atoms with Gasteiger partial charge in [0.25, 0.3) is 0 Å². The monoisotopic (exact) mass is 271 g/mol. The van der Waals surface area contributed by atoms with E-state index >= 15 is 0 Å². The number of nitrogens with zero attached hydrogens (tertiary/aromatic N) is 4. The van der Waals surface area contributed by atoms with Gasteiger partial charge in [-0.25, -0.2) is 0 Å². The number of hydrogen-bond acceptors (Lipinski definition) is 4. The van der Waals surface area contributed by atoms with Gasteiger partial charge in [-0.15, -0.1) is 0 Å². The molecule has 5 nitrogen and oxygen atoms in total. The number of rotatable bonds is 4. The maximum absolute atomic E-state index is 5.68. The van der Waals surface area contributed by atoms with Crippen LogP contribution >= 0.6 is 0 Å². The summed E-state index contributed by atoms with van der Waals surface area (Å²) < 4.78 is 2.02. The van der Waals surface area contributed by atoms with Crippen molar-refractivity contribution in [2.45, 2.75) is 25.3 Å². The predicted octanol–water partition coefficient (Wildman–Crippen LogP) is 1.74. The van der Waals surface area contributed by atoms with Crippen molar-refractivity contribution in [3.05, 3.63) is 42.4 Å². The maximum atomic E-state index is 5.68. The highest BCUT2D eigenvalue weighted by Crippen LogP contribution is 2.22. The molecule has 1 saturated heterocycles. The number of piperidine rings is 1. The fourth-order valence-corrected chi connectivity index (χ4v) is 2.78. The average molecular weight is 271 g/mol. The SMILES string of the molecule is Nc1ccn(C2CCN(CCc3ccccn3)CC2)n1. The van der Waals surface area contributed by atoms with Crippen molar-refractivity contribution >= 4 is 5.82 Å². The third-order valence-electron chi connectivity index (χ3n) is 3.97. The van der Waals surface area contributed by atoms with Crippen molar-refractivity contribution in [3.63, 3.8) is 0 Å². The molecule has 0 spiro atoms. The lowest BCUT2D eigenvalue weighted by Gasteiger charge is -2.31. The van der Waals surface area contributed by atoms with Crippen molar-refractivity contribution in [2.75, 3.05) is 25.4 Å². The molecule has 1 aliphatic rings. The summed E-state index contributed by atoms with van der Waals surface area (Å²) in [5.41, 5.74) is 6.85. The Labute approximate surface area is 119 Å². The van der Waals surface area contributed by atoms with E-state index in [1.54, 1.807) is 0 Å². The van der Waals surface area contributed by atoms with Crippen LogP contribution in [-0.2, 0) is 6.42 Å². The van der Waals surface area contributed by atoms with Crippen molar-refractivity contribution < 1.29 is 0 Å². The first-order chi connectivity index (χ1) is 9.81. The summed E-state index contributed by atoms with van der Waals surface area (Å²) in [6.07, 6.45) is 7.17. The predicted molar refractivity (Wildman–Crippen MR) is 79.3 cm³/mol. The summed E-state index contributed by atoms with van der Waals surface area (Å²) >= 11 is 0. The van der Waals surface area contributed by atoms with Crippen LogP contribution in [0.5, 0.6) is 0 Å². The Hall–Kier alpha value is -1.88. The molecule has 2 aromatic heterocycles. The van der Waals surface area contributed by atoms with E-state index in [1.165, 1.54) is 5.69 Å². The van der Waals surface area contributed by atoms with Crippen LogP contribution in [0.15, 0.2) is 36.7 Å². The molecule has 0 bridgehead atoms. The standard InChI is InChI=1S/C15H21N5/c16-15-7-12-20(18-15)14-5-10-19(11-6-14)9-4-13-3-1-2-8-17-13/h1-3,7-8,12,14H,4-6,9-11H2,(H2,16,18). The third kappa shape index (κ3) is 3.17. The van der Waals surface area contributed by atoms with Gasteiger partial charge in [-0.3, -0.25) is 9.67 Å². The molecule has 2 N–H and O–H groups in total. The topological polar surface area (TPSA) is 60.0 Å². The number of anilines is 1.